The smallest absolute Gasteiger partial charge is 0.143 e. The van der Waals surface area contributed by atoms with Crippen molar-refractivity contribution in [2.75, 3.05) is 7.11 Å². The molecule has 0 saturated carbocycles. The molecule has 6 nitrogen and oxygen atoms in total. The number of benzene rings is 2. The Morgan fingerprint density at radius 1 is 1.18 bits per heavy atom. The van der Waals surface area contributed by atoms with E-state index in [0.29, 0.717) is 5.02 Å². The minimum Gasteiger partial charge on any atom is -0.495 e. The minimum atomic E-state index is -0.330. The lowest BCUT2D eigenvalue weighted by Gasteiger charge is -2.25. The predicted octanol–water partition coefficient (Wildman–Crippen LogP) is 5.28. The van der Waals surface area contributed by atoms with Crippen molar-refractivity contribution in [3.63, 3.8) is 0 Å². The number of rotatable bonds is 6. The monoisotopic (exact) mass is 465 g/mol. The molecule has 0 bridgehead atoms. The number of halogens is 2. The molecule has 0 amide bonds. The van der Waals surface area contributed by atoms with E-state index in [-0.39, 0.29) is 11.9 Å². The maximum Gasteiger partial charge on any atom is 0.143 e. The molecular formula is C25H25ClFN5O. The van der Waals surface area contributed by atoms with Gasteiger partial charge in [0, 0.05) is 11.2 Å². The van der Waals surface area contributed by atoms with Gasteiger partial charge in [-0.05, 0) is 74.4 Å². The SMILES string of the molecule is COc1cc(CCc2nnn3c2CCCC3c2ccc(F)cc2Cl)ccc1-n1cnc(C)c1. The summed E-state index contributed by atoms with van der Waals surface area (Å²) in [7, 11) is 1.68. The van der Waals surface area contributed by atoms with E-state index >= 15 is 0 Å². The molecule has 33 heavy (non-hydrogen) atoms. The van der Waals surface area contributed by atoms with Gasteiger partial charge in [-0.15, -0.1) is 5.10 Å². The van der Waals surface area contributed by atoms with E-state index in [0.717, 1.165) is 66.2 Å². The molecule has 1 aliphatic heterocycles. The van der Waals surface area contributed by atoms with Gasteiger partial charge >= 0.3 is 0 Å². The van der Waals surface area contributed by atoms with Crippen molar-refractivity contribution in [3.05, 3.63) is 88.0 Å². The van der Waals surface area contributed by atoms with E-state index < -0.39 is 0 Å². The number of ether oxygens (including phenoxy) is 1. The van der Waals surface area contributed by atoms with Crippen LogP contribution in [-0.4, -0.2) is 31.7 Å². The third kappa shape index (κ3) is 4.25. The van der Waals surface area contributed by atoms with Crippen LogP contribution in [-0.2, 0) is 19.3 Å². The standard InChI is InChI=1S/C25H25ClFN5O/c1-16-14-31(15-28-16)24-11-7-17(12-25(24)33-2)6-10-21-23-5-3-4-22(32(23)30-29-21)19-9-8-18(27)13-20(19)26/h7-9,11-15,22H,3-6,10H2,1-2H3. The number of hydrogen-bond donors (Lipinski definition) is 0. The molecule has 170 valence electrons. The summed E-state index contributed by atoms with van der Waals surface area (Å²) in [4.78, 5) is 4.30. The highest BCUT2D eigenvalue weighted by molar-refractivity contribution is 6.31. The predicted molar refractivity (Wildman–Crippen MR) is 125 cm³/mol. The Hall–Kier alpha value is -3.19. The first-order valence-electron chi connectivity index (χ1n) is 11.1. The van der Waals surface area contributed by atoms with E-state index in [4.69, 9.17) is 16.3 Å². The van der Waals surface area contributed by atoms with Gasteiger partial charge in [0.25, 0.3) is 0 Å². The first kappa shape index (κ1) is 21.6. The zero-order chi connectivity index (χ0) is 22.9. The molecule has 1 atom stereocenters. The van der Waals surface area contributed by atoms with Gasteiger partial charge < -0.3 is 9.30 Å². The van der Waals surface area contributed by atoms with Crippen molar-refractivity contribution in [1.29, 1.82) is 0 Å². The van der Waals surface area contributed by atoms with Crippen LogP contribution in [0.4, 0.5) is 4.39 Å². The van der Waals surface area contributed by atoms with Crippen LogP contribution >= 0.6 is 11.6 Å². The zero-order valence-corrected chi connectivity index (χ0v) is 19.4. The fourth-order valence-corrected chi connectivity index (χ4v) is 4.89. The van der Waals surface area contributed by atoms with Gasteiger partial charge in [-0.25, -0.2) is 14.1 Å². The molecule has 0 radical (unpaired) electrons. The molecule has 0 aliphatic carbocycles. The van der Waals surface area contributed by atoms with E-state index in [1.807, 2.05) is 22.4 Å². The molecule has 0 saturated heterocycles. The van der Waals surface area contributed by atoms with E-state index in [1.165, 1.54) is 17.7 Å². The average Bonchev–Trinajstić information content (AvgIpc) is 3.43. The van der Waals surface area contributed by atoms with E-state index in [2.05, 4.69) is 33.5 Å². The number of nitrogens with zero attached hydrogens (tertiary/aromatic N) is 5. The summed E-state index contributed by atoms with van der Waals surface area (Å²) in [5.41, 5.74) is 6.13. The van der Waals surface area contributed by atoms with E-state index in [9.17, 15) is 4.39 Å². The van der Waals surface area contributed by atoms with Crippen molar-refractivity contribution in [2.45, 2.75) is 45.1 Å². The Labute approximate surface area is 197 Å². The van der Waals surface area contributed by atoms with Crippen molar-refractivity contribution in [2.24, 2.45) is 0 Å². The fourth-order valence-electron chi connectivity index (χ4n) is 4.60. The normalized spacial score (nSPS) is 15.5. The van der Waals surface area contributed by atoms with Crippen molar-refractivity contribution in [3.8, 4) is 11.4 Å². The van der Waals surface area contributed by atoms with Gasteiger partial charge in [-0.1, -0.05) is 28.9 Å². The zero-order valence-electron chi connectivity index (χ0n) is 18.6. The van der Waals surface area contributed by atoms with E-state index in [1.54, 1.807) is 19.5 Å². The van der Waals surface area contributed by atoms with Crippen LogP contribution in [0, 0.1) is 12.7 Å². The number of aromatic nitrogens is 5. The Kier molecular flexibility index (Phi) is 5.89. The number of hydrogen-bond acceptors (Lipinski definition) is 4. The topological polar surface area (TPSA) is 57.8 Å². The number of methoxy groups -OCH3 is 1. The molecule has 1 unspecified atom stereocenters. The van der Waals surface area contributed by atoms with Crippen LogP contribution in [0.1, 0.15) is 47.1 Å². The summed E-state index contributed by atoms with van der Waals surface area (Å²) >= 11 is 6.35. The highest BCUT2D eigenvalue weighted by Gasteiger charge is 2.27. The largest absolute Gasteiger partial charge is 0.495 e. The second-order valence-corrected chi connectivity index (χ2v) is 8.84. The average molecular weight is 466 g/mol. The van der Waals surface area contributed by atoms with Crippen LogP contribution < -0.4 is 4.74 Å². The maximum absolute atomic E-state index is 13.5. The molecule has 8 heteroatoms. The van der Waals surface area contributed by atoms with Crippen molar-refractivity contribution in [1.82, 2.24) is 24.5 Å². The molecule has 3 heterocycles. The number of imidazole rings is 1. The summed E-state index contributed by atoms with van der Waals surface area (Å²) in [6, 6.07) is 10.8. The summed E-state index contributed by atoms with van der Waals surface area (Å²) < 4.78 is 23.1. The van der Waals surface area contributed by atoms with Crippen molar-refractivity contribution >= 4 is 11.6 Å². The fraction of sp³-hybridized carbons (Fsp3) is 0.320. The molecule has 0 spiro atoms. The van der Waals surface area contributed by atoms with Crippen LogP contribution in [0.3, 0.4) is 0 Å². The highest BCUT2D eigenvalue weighted by Crippen LogP contribution is 2.35. The Balaban J connectivity index is 1.36. The second kappa shape index (κ2) is 8.98. The lowest BCUT2D eigenvalue weighted by Crippen LogP contribution is -2.21. The Morgan fingerprint density at radius 2 is 2.06 bits per heavy atom. The first-order valence-corrected chi connectivity index (χ1v) is 11.5. The molecule has 2 aromatic heterocycles. The lowest BCUT2D eigenvalue weighted by atomic mass is 9.95. The van der Waals surface area contributed by atoms with Gasteiger partial charge in [0.15, 0.2) is 0 Å². The Morgan fingerprint density at radius 3 is 2.82 bits per heavy atom. The third-order valence-corrected chi connectivity index (χ3v) is 6.59. The minimum absolute atomic E-state index is 0.0129. The van der Waals surface area contributed by atoms with Crippen LogP contribution in [0.5, 0.6) is 5.75 Å². The molecule has 0 fully saturated rings. The van der Waals surface area contributed by atoms with Crippen molar-refractivity contribution < 1.29 is 9.13 Å². The molecule has 1 aliphatic rings. The lowest BCUT2D eigenvalue weighted by molar-refractivity contribution is 0.408. The number of fused-ring (bicyclic) bond motifs is 1. The second-order valence-electron chi connectivity index (χ2n) is 8.43. The molecule has 2 aromatic carbocycles. The Bertz CT molecular complexity index is 1300. The maximum atomic E-state index is 13.5. The summed E-state index contributed by atoms with van der Waals surface area (Å²) in [5, 5.41) is 9.39. The summed E-state index contributed by atoms with van der Waals surface area (Å²) in [6.07, 6.45) is 8.24. The number of aryl methyl sites for hydroxylation is 3. The van der Waals surface area contributed by atoms with Crippen LogP contribution in [0.2, 0.25) is 5.02 Å². The highest BCUT2D eigenvalue weighted by atomic mass is 35.5. The molecular weight excluding hydrogens is 441 g/mol. The van der Waals surface area contributed by atoms with Gasteiger partial charge in [-0.2, -0.15) is 0 Å². The van der Waals surface area contributed by atoms with Crippen LogP contribution in [0.25, 0.3) is 5.69 Å². The van der Waals surface area contributed by atoms with Crippen LogP contribution in [0.15, 0.2) is 48.9 Å². The molecule has 5 rings (SSSR count). The van der Waals surface area contributed by atoms with Gasteiger partial charge in [0.2, 0.25) is 0 Å². The summed E-state index contributed by atoms with van der Waals surface area (Å²) in [6.45, 7) is 1.96. The first-order chi connectivity index (χ1) is 16.0. The van der Waals surface area contributed by atoms with Gasteiger partial charge in [-0.3, -0.25) is 0 Å². The molecule has 0 N–H and O–H groups in total. The summed E-state index contributed by atoms with van der Waals surface area (Å²) in [5.74, 6) is 0.476. The quantitative estimate of drug-likeness (QED) is 0.388. The van der Waals surface area contributed by atoms with Gasteiger partial charge in [0.05, 0.1) is 42.2 Å². The molecule has 4 aromatic rings. The van der Waals surface area contributed by atoms with Gasteiger partial charge in [0.1, 0.15) is 11.6 Å². The third-order valence-electron chi connectivity index (χ3n) is 6.26.